The Morgan fingerprint density at radius 2 is 1.79 bits per heavy atom. The summed E-state index contributed by atoms with van der Waals surface area (Å²) in [5.41, 5.74) is 1.19. The number of rotatable bonds is 4. The Balaban J connectivity index is 2.04. The highest BCUT2D eigenvalue weighted by molar-refractivity contribution is 7.98. The van der Waals surface area contributed by atoms with E-state index in [0.717, 1.165) is 10.5 Å². The number of carbonyl (C=O) groups is 1. The van der Waals surface area contributed by atoms with E-state index in [9.17, 15) is 9.90 Å². The van der Waals surface area contributed by atoms with Crippen LogP contribution >= 0.6 is 35.0 Å². The molecule has 0 radical (unpaired) electrons. The van der Waals surface area contributed by atoms with E-state index in [1.54, 1.807) is 36.0 Å². The third kappa shape index (κ3) is 3.90. The van der Waals surface area contributed by atoms with E-state index in [0.29, 0.717) is 15.8 Å². The molecule has 0 aliphatic rings. The monoisotopic (exact) mass is 311 g/mol. The van der Waals surface area contributed by atoms with Gasteiger partial charge >= 0.3 is 0 Å². The molecule has 0 aromatic heterocycles. The minimum Gasteiger partial charge on any atom is -0.545 e. The van der Waals surface area contributed by atoms with Crippen molar-refractivity contribution in [1.82, 2.24) is 0 Å². The first-order valence-corrected chi connectivity index (χ1v) is 7.18. The molecule has 0 saturated carbocycles. The Bertz CT molecular complexity index is 597. The van der Waals surface area contributed by atoms with Crippen LogP contribution < -0.4 is 5.11 Å². The molecule has 0 aliphatic carbocycles. The van der Waals surface area contributed by atoms with Crippen LogP contribution in [0, 0.1) is 0 Å². The normalized spacial score (nSPS) is 10.4. The Hall–Kier alpha value is -1.16. The van der Waals surface area contributed by atoms with Crippen molar-refractivity contribution < 1.29 is 9.90 Å². The second-order valence-corrected chi connectivity index (χ2v) is 5.71. The molecular weight excluding hydrogens is 303 g/mol. The maximum absolute atomic E-state index is 10.6. The lowest BCUT2D eigenvalue weighted by molar-refractivity contribution is -0.255. The number of benzene rings is 2. The third-order valence-corrected chi connectivity index (χ3v) is 4.28. The zero-order chi connectivity index (χ0) is 13.8. The number of aromatic carboxylic acids is 1. The summed E-state index contributed by atoms with van der Waals surface area (Å²) in [6.07, 6.45) is 0. The molecule has 2 nitrogen and oxygen atoms in total. The van der Waals surface area contributed by atoms with Crippen LogP contribution in [0.25, 0.3) is 0 Å². The summed E-state index contributed by atoms with van der Waals surface area (Å²) in [6.45, 7) is 0. The maximum Gasteiger partial charge on any atom is 0.0715 e. The lowest BCUT2D eigenvalue weighted by atomic mass is 10.1. The molecule has 2 aromatic carbocycles. The van der Waals surface area contributed by atoms with Crippen molar-refractivity contribution in [2.75, 3.05) is 0 Å². The molecule has 0 atom stereocenters. The van der Waals surface area contributed by atoms with Gasteiger partial charge in [0, 0.05) is 15.7 Å². The number of halogens is 2. The summed E-state index contributed by atoms with van der Waals surface area (Å²) >= 11 is 13.5. The van der Waals surface area contributed by atoms with Crippen LogP contribution in [0.3, 0.4) is 0 Å². The fraction of sp³-hybridized carbons (Fsp3) is 0.0714. The lowest BCUT2D eigenvalue weighted by Crippen LogP contribution is -2.21. The van der Waals surface area contributed by atoms with Crippen molar-refractivity contribution in [3.05, 3.63) is 63.6 Å². The van der Waals surface area contributed by atoms with Crippen LogP contribution in [0.2, 0.25) is 10.0 Å². The second-order valence-electron chi connectivity index (χ2n) is 3.85. The molecule has 98 valence electrons. The van der Waals surface area contributed by atoms with Crippen LogP contribution in [-0.4, -0.2) is 5.97 Å². The number of thioether (sulfide) groups is 1. The van der Waals surface area contributed by atoms with Gasteiger partial charge in [-0.3, -0.25) is 0 Å². The van der Waals surface area contributed by atoms with Crippen LogP contribution in [0.1, 0.15) is 15.9 Å². The molecule has 0 amide bonds. The lowest BCUT2D eigenvalue weighted by Gasteiger charge is -2.06. The number of carbonyl (C=O) groups excluding carboxylic acids is 1. The Kier molecular flexibility index (Phi) is 4.75. The first kappa shape index (κ1) is 14.3. The standard InChI is InChI=1S/C14H10Cl2O2S/c15-11-5-6-13(12(16)7-11)19-8-9-1-3-10(4-2-9)14(17)18/h1-7H,8H2,(H,17,18)/p-1. The summed E-state index contributed by atoms with van der Waals surface area (Å²) in [4.78, 5) is 11.6. The summed E-state index contributed by atoms with van der Waals surface area (Å²) in [5.74, 6) is -0.464. The van der Waals surface area contributed by atoms with Crippen LogP contribution in [-0.2, 0) is 5.75 Å². The van der Waals surface area contributed by atoms with Crippen molar-refractivity contribution in [3.8, 4) is 0 Å². The van der Waals surface area contributed by atoms with Gasteiger partial charge in [0.2, 0.25) is 0 Å². The number of carboxylic acid groups (broad SMARTS) is 1. The topological polar surface area (TPSA) is 40.1 Å². The van der Waals surface area contributed by atoms with Crippen molar-refractivity contribution >= 4 is 40.9 Å². The van der Waals surface area contributed by atoms with Crippen LogP contribution in [0.5, 0.6) is 0 Å². The Labute approximate surface area is 125 Å². The van der Waals surface area contributed by atoms with Gasteiger partial charge < -0.3 is 9.90 Å². The highest BCUT2D eigenvalue weighted by Gasteiger charge is 2.03. The van der Waals surface area contributed by atoms with Gasteiger partial charge in [0.05, 0.1) is 11.0 Å². The molecule has 5 heteroatoms. The average molecular weight is 312 g/mol. The van der Waals surface area contributed by atoms with Gasteiger partial charge in [-0.25, -0.2) is 0 Å². The summed E-state index contributed by atoms with van der Waals surface area (Å²) in [5, 5.41) is 11.8. The molecule has 0 spiro atoms. The van der Waals surface area contributed by atoms with Crippen LogP contribution in [0.4, 0.5) is 0 Å². The van der Waals surface area contributed by atoms with Gasteiger partial charge in [-0.15, -0.1) is 11.8 Å². The van der Waals surface area contributed by atoms with Crippen molar-refractivity contribution in [2.24, 2.45) is 0 Å². The van der Waals surface area contributed by atoms with E-state index in [-0.39, 0.29) is 5.56 Å². The van der Waals surface area contributed by atoms with E-state index in [4.69, 9.17) is 23.2 Å². The zero-order valence-corrected chi connectivity index (χ0v) is 12.1. The largest absolute Gasteiger partial charge is 0.545 e. The highest BCUT2D eigenvalue weighted by atomic mass is 35.5. The van der Waals surface area contributed by atoms with E-state index in [2.05, 4.69) is 0 Å². The van der Waals surface area contributed by atoms with Gasteiger partial charge in [0.1, 0.15) is 0 Å². The predicted octanol–water partition coefficient (Wildman–Crippen LogP) is 3.65. The van der Waals surface area contributed by atoms with E-state index < -0.39 is 5.97 Å². The van der Waals surface area contributed by atoms with Gasteiger partial charge in [-0.1, -0.05) is 47.5 Å². The van der Waals surface area contributed by atoms with E-state index in [1.807, 2.05) is 6.07 Å². The maximum atomic E-state index is 10.6. The molecule has 19 heavy (non-hydrogen) atoms. The first-order valence-electron chi connectivity index (χ1n) is 5.44. The molecule has 0 bridgehead atoms. The molecule has 0 heterocycles. The van der Waals surface area contributed by atoms with Gasteiger partial charge in [-0.05, 0) is 29.3 Å². The first-order chi connectivity index (χ1) is 9.06. The minimum atomic E-state index is -1.17. The zero-order valence-electron chi connectivity index (χ0n) is 9.73. The van der Waals surface area contributed by atoms with Gasteiger partial charge in [0.15, 0.2) is 0 Å². The molecule has 0 unspecified atom stereocenters. The van der Waals surface area contributed by atoms with Crippen LogP contribution in [0.15, 0.2) is 47.4 Å². The smallest absolute Gasteiger partial charge is 0.0715 e. The fourth-order valence-corrected chi connectivity index (χ4v) is 2.94. The summed E-state index contributed by atoms with van der Waals surface area (Å²) < 4.78 is 0. The predicted molar refractivity (Wildman–Crippen MR) is 76.8 cm³/mol. The Morgan fingerprint density at radius 1 is 1.11 bits per heavy atom. The van der Waals surface area contributed by atoms with Crippen molar-refractivity contribution in [3.63, 3.8) is 0 Å². The SMILES string of the molecule is O=C([O-])c1ccc(CSc2ccc(Cl)cc2Cl)cc1. The third-order valence-electron chi connectivity index (χ3n) is 2.48. The van der Waals surface area contributed by atoms with E-state index >= 15 is 0 Å². The highest BCUT2D eigenvalue weighted by Crippen LogP contribution is 2.31. The van der Waals surface area contributed by atoms with Crippen molar-refractivity contribution in [1.29, 1.82) is 0 Å². The van der Waals surface area contributed by atoms with E-state index in [1.165, 1.54) is 12.1 Å². The number of carboxylic acids is 1. The quantitative estimate of drug-likeness (QED) is 0.809. The molecule has 0 aliphatic heterocycles. The van der Waals surface area contributed by atoms with Crippen molar-refractivity contribution in [2.45, 2.75) is 10.6 Å². The molecular formula is C14H9Cl2O2S-. The Morgan fingerprint density at radius 3 is 2.37 bits per heavy atom. The summed E-state index contributed by atoms with van der Waals surface area (Å²) in [7, 11) is 0. The molecule has 0 saturated heterocycles. The number of hydrogen-bond donors (Lipinski definition) is 0. The average Bonchev–Trinajstić information content (AvgIpc) is 2.38. The number of hydrogen-bond acceptors (Lipinski definition) is 3. The van der Waals surface area contributed by atoms with Gasteiger partial charge in [0.25, 0.3) is 0 Å². The summed E-state index contributed by atoms with van der Waals surface area (Å²) in [6, 6.07) is 12.0. The molecule has 0 fully saturated rings. The molecule has 2 rings (SSSR count). The minimum absolute atomic E-state index is 0.179. The molecule has 2 aromatic rings. The fourth-order valence-electron chi connectivity index (χ4n) is 1.49. The van der Waals surface area contributed by atoms with Gasteiger partial charge in [-0.2, -0.15) is 0 Å². The second kappa shape index (κ2) is 6.33. The molecule has 0 N–H and O–H groups in total.